The third-order valence-corrected chi connectivity index (χ3v) is 8.63. The van der Waals surface area contributed by atoms with Crippen LogP contribution in [0.3, 0.4) is 0 Å². The highest BCUT2D eigenvalue weighted by molar-refractivity contribution is 7.84. The Labute approximate surface area is 257 Å². The van der Waals surface area contributed by atoms with Crippen LogP contribution in [0.5, 0.6) is 0 Å². The average molecular weight is 624 g/mol. The molecular weight excluding hydrogens is 594 g/mol. The highest BCUT2D eigenvalue weighted by Gasteiger charge is 2.33. The molecule has 1 aliphatic heterocycles. The van der Waals surface area contributed by atoms with Gasteiger partial charge in [-0.05, 0) is 57.7 Å². The Balaban J connectivity index is 1.55. The SMILES string of the molecule is CCCC1=CC2=c3ccccc3=CC2=C(c2nc(N)c3c(n2)n(Cc2ccccc2)c(=O)n3C(=O)N2CCC2)C1=NS(=O)(=O)O. The van der Waals surface area contributed by atoms with Crippen molar-refractivity contribution < 1.29 is 17.8 Å². The van der Waals surface area contributed by atoms with Gasteiger partial charge in [0.15, 0.2) is 17.3 Å². The fourth-order valence-electron chi connectivity index (χ4n) is 6.06. The molecule has 3 N–H and O–H groups in total. The summed E-state index contributed by atoms with van der Waals surface area (Å²) < 4.78 is 40.5. The largest absolute Gasteiger partial charge is 0.382 e. The first kappa shape index (κ1) is 28.6. The van der Waals surface area contributed by atoms with Crippen molar-refractivity contribution in [2.24, 2.45) is 4.40 Å². The second-order valence-corrected chi connectivity index (χ2v) is 12.2. The Morgan fingerprint density at radius 3 is 2.44 bits per heavy atom. The molecule has 2 aliphatic carbocycles. The van der Waals surface area contributed by atoms with Crippen molar-refractivity contribution in [3.8, 4) is 0 Å². The van der Waals surface area contributed by atoms with Gasteiger partial charge >= 0.3 is 22.0 Å². The fraction of sp³-hybridized carbons (Fsp3) is 0.219. The number of hydrogen-bond donors (Lipinski definition) is 2. The number of hydrogen-bond acceptors (Lipinski definition) is 7. The zero-order chi connectivity index (χ0) is 31.5. The smallest absolute Gasteiger partial charge is 0.378 e. The van der Waals surface area contributed by atoms with E-state index >= 15 is 0 Å². The van der Waals surface area contributed by atoms with Crippen LogP contribution in [-0.4, -0.2) is 61.8 Å². The average Bonchev–Trinajstić information content (AvgIpc) is 3.47. The van der Waals surface area contributed by atoms with Gasteiger partial charge in [-0.15, -0.1) is 4.40 Å². The van der Waals surface area contributed by atoms with E-state index in [1.165, 1.54) is 4.57 Å². The monoisotopic (exact) mass is 623 g/mol. The summed E-state index contributed by atoms with van der Waals surface area (Å²) in [6.45, 7) is 3.08. The van der Waals surface area contributed by atoms with Crippen molar-refractivity contribution in [2.45, 2.75) is 32.7 Å². The van der Waals surface area contributed by atoms with E-state index < -0.39 is 22.0 Å². The molecule has 2 aromatic heterocycles. The van der Waals surface area contributed by atoms with Crippen molar-refractivity contribution in [3.63, 3.8) is 0 Å². The first-order valence-electron chi connectivity index (χ1n) is 14.6. The molecule has 228 valence electrons. The highest BCUT2D eigenvalue weighted by Crippen LogP contribution is 2.37. The Hall–Kier alpha value is -5.14. The topological polar surface area (TPSA) is 166 Å². The van der Waals surface area contributed by atoms with Gasteiger partial charge in [-0.2, -0.15) is 8.42 Å². The first-order valence-corrected chi connectivity index (χ1v) is 16.0. The van der Waals surface area contributed by atoms with Crippen LogP contribution >= 0.6 is 0 Å². The van der Waals surface area contributed by atoms with E-state index in [1.54, 1.807) is 4.90 Å². The number of amides is 1. The van der Waals surface area contributed by atoms with E-state index in [4.69, 9.17) is 10.7 Å². The molecule has 0 atom stereocenters. The van der Waals surface area contributed by atoms with Gasteiger partial charge in [-0.25, -0.2) is 24.1 Å². The normalized spacial score (nSPS) is 16.8. The summed E-state index contributed by atoms with van der Waals surface area (Å²) in [6.07, 6.45) is 5.71. The summed E-state index contributed by atoms with van der Waals surface area (Å²) in [5.41, 5.74) is 9.18. The van der Waals surface area contributed by atoms with Gasteiger partial charge in [0.2, 0.25) is 0 Å². The lowest BCUT2D eigenvalue weighted by atomic mass is 9.85. The predicted molar refractivity (Wildman–Crippen MR) is 171 cm³/mol. The molecule has 12 nitrogen and oxygen atoms in total. The summed E-state index contributed by atoms with van der Waals surface area (Å²) in [5.74, 6) is -0.119. The maximum absolute atomic E-state index is 13.9. The predicted octanol–water partition coefficient (Wildman–Crippen LogP) is 2.28. The maximum Gasteiger partial charge on any atom is 0.378 e. The van der Waals surface area contributed by atoms with E-state index in [-0.39, 0.29) is 40.6 Å². The van der Waals surface area contributed by atoms with Crippen LogP contribution in [0.4, 0.5) is 10.6 Å². The van der Waals surface area contributed by atoms with Crippen LogP contribution in [0.15, 0.2) is 81.0 Å². The van der Waals surface area contributed by atoms with Crippen LogP contribution in [0.2, 0.25) is 0 Å². The van der Waals surface area contributed by atoms with Gasteiger partial charge in [0.25, 0.3) is 0 Å². The minimum atomic E-state index is -4.84. The number of nitrogens with two attached hydrogens (primary N) is 1. The van der Waals surface area contributed by atoms with Crippen molar-refractivity contribution in [1.82, 2.24) is 24.0 Å². The van der Waals surface area contributed by atoms with Crippen LogP contribution < -0.4 is 21.9 Å². The Bertz CT molecular complexity index is 2310. The van der Waals surface area contributed by atoms with Crippen LogP contribution in [0, 0.1) is 0 Å². The van der Waals surface area contributed by atoms with Crippen LogP contribution in [0.1, 0.15) is 37.6 Å². The van der Waals surface area contributed by atoms with Gasteiger partial charge in [0.05, 0.1) is 17.8 Å². The summed E-state index contributed by atoms with van der Waals surface area (Å²) in [7, 11) is -4.84. The molecule has 0 radical (unpaired) electrons. The Morgan fingerprint density at radius 1 is 1.02 bits per heavy atom. The molecule has 1 saturated heterocycles. The second-order valence-electron chi connectivity index (χ2n) is 11.2. The number of imidazole rings is 1. The minimum absolute atomic E-state index is 0.00560. The van der Waals surface area contributed by atoms with Crippen LogP contribution in [0.25, 0.3) is 28.4 Å². The molecule has 0 saturated carbocycles. The Morgan fingerprint density at radius 2 is 1.76 bits per heavy atom. The fourth-order valence-corrected chi connectivity index (χ4v) is 6.50. The standard InChI is InChI=1S/C32H29N7O5S/c1-2-9-21-17-23-22-13-7-6-12-20(22)16-24(23)25(26(21)36-45(42,43)44)29-34-28(33)27-30(35-29)38(18-19-10-4-3-5-11-19)32(41)39(27)31(40)37-14-8-15-37/h3-7,10-13,16-17H,2,8-9,14-15,18H2,1H3,(H2,33,34,35)(H,42,43,44). The lowest BCUT2D eigenvalue weighted by molar-refractivity contribution is 0.169. The van der Waals surface area contributed by atoms with Gasteiger partial charge < -0.3 is 10.6 Å². The molecule has 45 heavy (non-hydrogen) atoms. The number of anilines is 1. The lowest BCUT2D eigenvalue weighted by Crippen LogP contribution is -2.47. The molecular formula is C32H29N7O5S. The van der Waals surface area contributed by atoms with E-state index in [0.29, 0.717) is 37.1 Å². The molecule has 7 rings (SSSR count). The molecule has 13 heteroatoms. The summed E-state index contributed by atoms with van der Waals surface area (Å²) in [6, 6.07) is 16.5. The zero-order valence-electron chi connectivity index (χ0n) is 24.3. The number of aromatic nitrogens is 4. The molecule has 3 heterocycles. The molecule has 1 amide bonds. The van der Waals surface area contributed by atoms with E-state index in [9.17, 15) is 22.6 Å². The maximum atomic E-state index is 13.9. The number of carbonyl (C=O) groups is 1. The molecule has 1 fully saturated rings. The van der Waals surface area contributed by atoms with Gasteiger partial charge in [-0.1, -0.05) is 67.9 Å². The number of rotatable bonds is 6. The molecule has 3 aliphatic rings. The van der Waals surface area contributed by atoms with Crippen molar-refractivity contribution in [1.29, 1.82) is 0 Å². The van der Waals surface area contributed by atoms with E-state index in [2.05, 4.69) is 9.38 Å². The first-order chi connectivity index (χ1) is 21.6. The quantitative estimate of drug-likeness (QED) is 0.309. The third-order valence-electron chi connectivity index (χ3n) is 8.21. The number of carbonyl (C=O) groups excluding carboxylic acids is 1. The number of allylic oxidation sites excluding steroid dienone is 4. The molecule has 0 unspecified atom stereocenters. The van der Waals surface area contributed by atoms with Crippen molar-refractivity contribution in [2.75, 3.05) is 18.8 Å². The number of nitrogens with zero attached hydrogens (tertiary/aromatic N) is 6. The van der Waals surface area contributed by atoms with Gasteiger partial charge in [0.1, 0.15) is 5.52 Å². The molecule has 0 spiro atoms. The number of fused-ring (bicyclic) bond motifs is 3. The molecule has 0 bridgehead atoms. The van der Waals surface area contributed by atoms with Crippen LogP contribution in [-0.2, 0) is 16.8 Å². The third kappa shape index (κ3) is 4.89. The minimum Gasteiger partial charge on any atom is -0.382 e. The molecule has 4 aromatic rings. The molecule has 2 aromatic carbocycles. The summed E-state index contributed by atoms with van der Waals surface area (Å²) in [4.78, 5) is 38.4. The number of likely N-dealkylation sites (tertiary alicyclic amines) is 1. The van der Waals surface area contributed by atoms with E-state index in [0.717, 1.165) is 32.6 Å². The van der Waals surface area contributed by atoms with E-state index in [1.807, 2.05) is 73.7 Å². The number of benzene rings is 2. The Kier molecular flexibility index (Phi) is 6.86. The van der Waals surface area contributed by atoms with Crippen molar-refractivity contribution in [3.05, 3.63) is 104 Å². The van der Waals surface area contributed by atoms with Gasteiger partial charge in [0, 0.05) is 13.1 Å². The van der Waals surface area contributed by atoms with Gasteiger partial charge in [-0.3, -0.25) is 9.12 Å². The lowest BCUT2D eigenvalue weighted by Gasteiger charge is -2.30. The summed E-state index contributed by atoms with van der Waals surface area (Å²) >= 11 is 0. The zero-order valence-corrected chi connectivity index (χ0v) is 25.2. The number of nitrogen functional groups attached to an aromatic ring is 1. The summed E-state index contributed by atoms with van der Waals surface area (Å²) in [5, 5.41) is 1.84. The van der Waals surface area contributed by atoms with Crippen molar-refractivity contribution >= 4 is 56.3 Å². The highest BCUT2D eigenvalue weighted by atomic mass is 32.2. The second kappa shape index (κ2) is 10.8.